The summed E-state index contributed by atoms with van der Waals surface area (Å²) in [6, 6.07) is 4.91. The van der Waals surface area contributed by atoms with E-state index in [2.05, 4.69) is 15.9 Å². The zero-order chi connectivity index (χ0) is 14.9. The predicted octanol–water partition coefficient (Wildman–Crippen LogP) is 1.10. The lowest BCUT2D eigenvalue weighted by atomic mass is 10.1. The summed E-state index contributed by atoms with van der Waals surface area (Å²) in [5, 5.41) is 0. The highest BCUT2D eigenvalue weighted by atomic mass is 79.9. The number of rotatable bonds is 4. The maximum Gasteiger partial charge on any atom is 0.243 e. The summed E-state index contributed by atoms with van der Waals surface area (Å²) in [6.45, 7) is 0.587. The lowest BCUT2D eigenvalue weighted by molar-refractivity contribution is -0.119. The van der Waals surface area contributed by atoms with E-state index in [9.17, 15) is 13.2 Å². The number of nitrogens with two attached hydrogens (primary N) is 1. The van der Waals surface area contributed by atoms with Crippen LogP contribution in [0.3, 0.4) is 0 Å². The van der Waals surface area contributed by atoms with E-state index in [1.807, 2.05) is 18.2 Å². The Morgan fingerprint density at radius 2 is 2.20 bits per heavy atom. The van der Waals surface area contributed by atoms with Gasteiger partial charge in [0.2, 0.25) is 5.91 Å². The Morgan fingerprint density at radius 1 is 1.50 bits per heavy atom. The molecule has 0 fully saturated rings. The van der Waals surface area contributed by atoms with Crippen LogP contribution in [0.2, 0.25) is 0 Å². The average Bonchev–Trinajstić information content (AvgIpc) is 2.79. The van der Waals surface area contributed by atoms with Crippen molar-refractivity contribution in [2.45, 2.75) is 18.9 Å². The van der Waals surface area contributed by atoms with Crippen molar-refractivity contribution in [1.29, 1.82) is 0 Å². The predicted molar refractivity (Wildman–Crippen MR) is 82.5 cm³/mol. The van der Waals surface area contributed by atoms with Gasteiger partial charge in [-0.25, -0.2) is 8.42 Å². The van der Waals surface area contributed by atoms with Crippen LogP contribution in [0.15, 0.2) is 22.7 Å². The first-order valence-corrected chi connectivity index (χ1v) is 9.17. The van der Waals surface area contributed by atoms with Crippen LogP contribution in [0.4, 0.5) is 5.69 Å². The fourth-order valence-corrected chi connectivity index (χ4v) is 3.52. The summed E-state index contributed by atoms with van der Waals surface area (Å²) >= 11 is 3.47. The van der Waals surface area contributed by atoms with E-state index in [4.69, 9.17) is 5.73 Å². The fourth-order valence-electron chi connectivity index (χ4n) is 2.29. The number of carbonyl (C=O) groups excluding carboxylic acids is 1. The van der Waals surface area contributed by atoms with E-state index in [0.717, 1.165) is 28.4 Å². The van der Waals surface area contributed by atoms with Crippen molar-refractivity contribution in [1.82, 2.24) is 0 Å². The van der Waals surface area contributed by atoms with Crippen LogP contribution in [0.25, 0.3) is 0 Å². The molecule has 2 rings (SSSR count). The number of benzene rings is 1. The molecule has 1 amide bonds. The van der Waals surface area contributed by atoms with Gasteiger partial charge in [0.25, 0.3) is 0 Å². The first-order valence-electron chi connectivity index (χ1n) is 6.31. The monoisotopic (exact) mass is 360 g/mol. The largest absolute Gasteiger partial charge is 0.320 e. The van der Waals surface area contributed by atoms with Crippen LogP contribution in [-0.4, -0.2) is 38.9 Å². The van der Waals surface area contributed by atoms with E-state index in [0.29, 0.717) is 6.54 Å². The molecule has 0 radical (unpaired) electrons. The zero-order valence-corrected chi connectivity index (χ0v) is 13.6. The standard InChI is InChI=1S/C13H17BrN2O3S/c1-20(18,19)8-6-11(15)13(17)16-7-5-9-10(14)3-2-4-12(9)16/h2-4,11H,5-8,15H2,1H3. The lowest BCUT2D eigenvalue weighted by Crippen LogP contribution is -2.44. The zero-order valence-electron chi connectivity index (χ0n) is 11.2. The second kappa shape index (κ2) is 5.83. The van der Waals surface area contributed by atoms with Gasteiger partial charge in [-0.1, -0.05) is 22.0 Å². The van der Waals surface area contributed by atoms with E-state index in [1.165, 1.54) is 0 Å². The maximum atomic E-state index is 12.3. The third-order valence-corrected chi connectivity index (χ3v) is 5.07. The minimum Gasteiger partial charge on any atom is -0.320 e. The molecule has 7 heteroatoms. The molecule has 1 aliphatic rings. The second-order valence-electron chi connectivity index (χ2n) is 5.00. The van der Waals surface area contributed by atoms with Crippen molar-refractivity contribution in [2.24, 2.45) is 5.73 Å². The molecule has 1 aliphatic heterocycles. The topological polar surface area (TPSA) is 80.5 Å². The third kappa shape index (κ3) is 3.39. The molecule has 0 saturated heterocycles. The first-order chi connectivity index (χ1) is 9.29. The van der Waals surface area contributed by atoms with Gasteiger partial charge in [-0.15, -0.1) is 0 Å². The molecule has 1 heterocycles. The average molecular weight is 361 g/mol. The Kier molecular flexibility index (Phi) is 4.51. The molecule has 1 atom stereocenters. The molecule has 2 N–H and O–H groups in total. The number of nitrogens with zero attached hydrogens (tertiary/aromatic N) is 1. The summed E-state index contributed by atoms with van der Waals surface area (Å²) < 4.78 is 23.3. The number of sulfone groups is 1. The van der Waals surface area contributed by atoms with Gasteiger partial charge in [0, 0.05) is 23.0 Å². The minimum absolute atomic E-state index is 0.0703. The number of fused-ring (bicyclic) bond motifs is 1. The van der Waals surface area contributed by atoms with Gasteiger partial charge < -0.3 is 10.6 Å². The number of hydrogen-bond donors (Lipinski definition) is 1. The van der Waals surface area contributed by atoms with Crippen LogP contribution in [-0.2, 0) is 21.1 Å². The highest BCUT2D eigenvalue weighted by molar-refractivity contribution is 9.10. The number of hydrogen-bond acceptors (Lipinski definition) is 4. The summed E-state index contributed by atoms with van der Waals surface area (Å²) in [4.78, 5) is 14.0. The normalized spacial score (nSPS) is 16.1. The number of halogens is 1. The van der Waals surface area contributed by atoms with Gasteiger partial charge in [0.05, 0.1) is 11.8 Å². The Hall–Kier alpha value is -0.920. The van der Waals surface area contributed by atoms with Gasteiger partial charge in [0.1, 0.15) is 9.84 Å². The SMILES string of the molecule is CS(=O)(=O)CCC(N)C(=O)N1CCc2c(Br)cccc21. The highest BCUT2D eigenvalue weighted by Crippen LogP contribution is 2.33. The molecular weight excluding hydrogens is 344 g/mol. The van der Waals surface area contributed by atoms with E-state index < -0.39 is 15.9 Å². The Balaban J connectivity index is 2.11. The summed E-state index contributed by atoms with van der Waals surface area (Å²) in [6.07, 6.45) is 2.07. The van der Waals surface area contributed by atoms with E-state index in [1.54, 1.807) is 4.90 Å². The van der Waals surface area contributed by atoms with Crippen molar-refractivity contribution in [3.8, 4) is 0 Å². The van der Waals surface area contributed by atoms with Crippen LogP contribution in [0.5, 0.6) is 0 Å². The minimum atomic E-state index is -3.10. The molecular formula is C13H17BrN2O3S. The number of carbonyl (C=O) groups is 1. The third-order valence-electron chi connectivity index (χ3n) is 3.35. The first kappa shape index (κ1) is 15.5. The van der Waals surface area contributed by atoms with Crippen molar-refractivity contribution >= 4 is 37.4 Å². The summed E-state index contributed by atoms with van der Waals surface area (Å²) in [5.41, 5.74) is 7.79. The lowest BCUT2D eigenvalue weighted by Gasteiger charge is -2.21. The Morgan fingerprint density at radius 3 is 2.85 bits per heavy atom. The molecule has 1 aromatic rings. The molecule has 0 aromatic heterocycles. The van der Waals surface area contributed by atoms with Gasteiger partial charge in [-0.3, -0.25) is 4.79 Å². The van der Waals surface area contributed by atoms with Crippen molar-refractivity contribution in [3.63, 3.8) is 0 Å². The number of anilines is 1. The molecule has 1 aromatic carbocycles. The summed E-state index contributed by atoms with van der Waals surface area (Å²) in [5.74, 6) is -0.287. The highest BCUT2D eigenvalue weighted by Gasteiger charge is 2.29. The van der Waals surface area contributed by atoms with Crippen LogP contribution in [0.1, 0.15) is 12.0 Å². The van der Waals surface area contributed by atoms with E-state index in [-0.39, 0.29) is 18.1 Å². The molecule has 5 nitrogen and oxygen atoms in total. The van der Waals surface area contributed by atoms with Crippen LogP contribution < -0.4 is 10.6 Å². The van der Waals surface area contributed by atoms with Gasteiger partial charge >= 0.3 is 0 Å². The molecule has 0 aliphatic carbocycles. The number of amides is 1. The maximum absolute atomic E-state index is 12.3. The molecule has 0 bridgehead atoms. The van der Waals surface area contributed by atoms with Gasteiger partial charge in [0.15, 0.2) is 0 Å². The molecule has 110 valence electrons. The van der Waals surface area contributed by atoms with Crippen molar-refractivity contribution in [3.05, 3.63) is 28.2 Å². The van der Waals surface area contributed by atoms with Gasteiger partial charge in [-0.05, 0) is 30.5 Å². The Bertz CT molecular complexity index is 631. The smallest absolute Gasteiger partial charge is 0.243 e. The van der Waals surface area contributed by atoms with Crippen molar-refractivity contribution in [2.75, 3.05) is 23.5 Å². The quantitative estimate of drug-likeness (QED) is 0.871. The Labute approximate surface area is 127 Å². The van der Waals surface area contributed by atoms with Gasteiger partial charge in [-0.2, -0.15) is 0 Å². The summed E-state index contributed by atoms with van der Waals surface area (Å²) in [7, 11) is -3.10. The van der Waals surface area contributed by atoms with E-state index >= 15 is 0 Å². The molecule has 0 spiro atoms. The second-order valence-corrected chi connectivity index (χ2v) is 8.12. The molecule has 20 heavy (non-hydrogen) atoms. The van der Waals surface area contributed by atoms with Crippen LogP contribution in [0, 0.1) is 0 Å². The molecule has 1 unspecified atom stereocenters. The molecule has 0 saturated carbocycles. The fraction of sp³-hybridized carbons (Fsp3) is 0.462. The van der Waals surface area contributed by atoms with Crippen LogP contribution >= 0.6 is 15.9 Å². The van der Waals surface area contributed by atoms with Crippen molar-refractivity contribution < 1.29 is 13.2 Å².